The Hall–Kier alpha value is -1.82. The van der Waals surface area contributed by atoms with Gasteiger partial charge < -0.3 is 19.7 Å². The molecule has 2 unspecified atom stereocenters. The van der Waals surface area contributed by atoms with E-state index in [0.29, 0.717) is 19.6 Å². The second-order valence-corrected chi connectivity index (χ2v) is 7.86. The smallest absolute Gasteiger partial charge is 0.193 e. The first kappa shape index (κ1) is 18.5. The summed E-state index contributed by atoms with van der Waals surface area (Å²) in [5.41, 5.74) is 1.67. The molecule has 0 aromatic heterocycles. The summed E-state index contributed by atoms with van der Waals surface area (Å²) in [4.78, 5) is 7.28. The standard InChI is InChI=1S/C21H30FN3O2/c1-2-23-21(25-11-16-5-3-4-6-17(16)12-25)24-8-7-15-9-19(22)10-18-13-26-14-27-20(15)18/h9-10,16-17H,2-8,11-14H2,1H3,(H,23,24). The second kappa shape index (κ2) is 8.46. The lowest BCUT2D eigenvalue weighted by Gasteiger charge is -2.22. The van der Waals surface area contributed by atoms with Gasteiger partial charge in [0, 0.05) is 31.7 Å². The summed E-state index contributed by atoms with van der Waals surface area (Å²) in [6.07, 6.45) is 6.12. The molecule has 1 N–H and O–H groups in total. The summed E-state index contributed by atoms with van der Waals surface area (Å²) < 4.78 is 24.8. The number of nitrogens with zero attached hydrogens (tertiary/aromatic N) is 2. The molecule has 0 amide bonds. The highest BCUT2D eigenvalue weighted by Gasteiger charge is 2.35. The van der Waals surface area contributed by atoms with Crippen molar-refractivity contribution in [3.63, 3.8) is 0 Å². The average molecular weight is 375 g/mol. The summed E-state index contributed by atoms with van der Waals surface area (Å²) in [5.74, 6) is 3.19. The molecule has 4 rings (SSSR count). The van der Waals surface area contributed by atoms with Crippen molar-refractivity contribution in [3.8, 4) is 5.75 Å². The lowest BCUT2D eigenvalue weighted by Crippen LogP contribution is -2.40. The minimum Gasteiger partial charge on any atom is -0.467 e. The molecular formula is C21H30FN3O2. The van der Waals surface area contributed by atoms with Crippen LogP contribution in [0.15, 0.2) is 17.1 Å². The third-order valence-electron chi connectivity index (χ3n) is 6.01. The average Bonchev–Trinajstić information content (AvgIpc) is 3.11. The fourth-order valence-corrected chi connectivity index (χ4v) is 4.73. The van der Waals surface area contributed by atoms with Crippen molar-refractivity contribution in [2.45, 2.75) is 45.6 Å². The highest BCUT2D eigenvalue weighted by Crippen LogP contribution is 2.36. The zero-order valence-corrected chi connectivity index (χ0v) is 16.2. The molecule has 2 heterocycles. The summed E-state index contributed by atoms with van der Waals surface area (Å²) >= 11 is 0. The zero-order chi connectivity index (χ0) is 18.6. The monoisotopic (exact) mass is 375 g/mol. The van der Waals surface area contributed by atoms with Gasteiger partial charge >= 0.3 is 0 Å². The first-order valence-corrected chi connectivity index (χ1v) is 10.3. The number of ether oxygens (including phenoxy) is 2. The van der Waals surface area contributed by atoms with E-state index in [-0.39, 0.29) is 12.6 Å². The van der Waals surface area contributed by atoms with Crippen LogP contribution in [0.3, 0.4) is 0 Å². The Balaban J connectivity index is 1.43. The van der Waals surface area contributed by atoms with Gasteiger partial charge in [0.15, 0.2) is 12.8 Å². The van der Waals surface area contributed by atoms with Crippen LogP contribution in [-0.2, 0) is 17.8 Å². The van der Waals surface area contributed by atoms with E-state index in [1.807, 2.05) is 0 Å². The maximum absolute atomic E-state index is 13.9. The first-order chi connectivity index (χ1) is 13.2. The Morgan fingerprint density at radius 1 is 1.26 bits per heavy atom. The quantitative estimate of drug-likeness (QED) is 0.648. The van der Waals surface area contributed by atoms with Crippen LogP contribution in [0.2, 0.25) is 0 Å². The SMILES string of the molecule is CCNC(=NCCc1cc(F)cc2c1OCOC2)N1CC2CCCCC2C1. The molecule has 5 nitrogen and oxygen atoms in total. The number of likely N-dealkylation sites (tertiary alicyclic amines) is 1. The molecule has 0 radical (unpaired) electrons. The third kappa shape index (κ3) is 4.21. The van der Waals surface area contributed by atoms with E-state index in [4.69, 9.17) is 14.5 Å². The van der Waals surface area contributed by atoms with E-state index in [1.54, 1.807) is 6.07 Å². The molecule has 0 bridgehead atoms. The van der Waals surface area contributed by atoms with Crippen LogP contribution in [0.4, 0.5) is 4.39 Å². The van der Waals surface area contributed by atoms with Crippen LogP contribution in [0, 0.1) is 17.7 Å². The fourth-order valence-electron chi connectivity index (χ4n) is 4.73. The van der Waals surface area contributed by atoms with E-state index in [1.165, 1.54) is 31.7 Å². The lowest BCUT2D eigenvalue weighted by atomic mass is 9.82. The van der Waals surface area contributed by atoms with Crippen LogP contribution in [0.25, 0.3) is 0 Å². The molecule has 2 atom stereocenters. The molecule has 1 aliphatic carbocycles. The number of rotatable bonds is 4. The normalized spacial score (nSPS) is 25.0. The van der Waals surface area contributed by atoms with Crippen molar-refractivity contribution in [2.24, 2.45) is 16.8 Å². The molecule has 2 fully saturated rings. The van der Waals surface area contributed by atoms with Gasteiger partial charge in [-0.25, -0.2) is 4.39 Å². The number of guanidine groups is 1. The third-order valence-corrected chi connectivity index (χ3v) is 6.01. The Morgan fingerprint density at radius 3 is 2.78 bits per heavy atom. The number of hydrogen-bond donors (Lipinski definition) is 1. The molecule has 1 aromatic carbocycles. The van der Waals surface area contributed by atoms with Gasteiger partial charge in [-0.3, -0.25) is 4.99 Å². The van der Waals surface area contributed by atoms with Crippen molar-refractivity contribution >= 4 is 5.96 Å². The minimum atomic E-state index is -0.239. The number of fused-ring (bicyclic) bond motifs is 2. The number of aliphatic imine (C=N–C) groups is 1. The molecular weight excluding hydrogens is 345 g/mol. The molecule has 148 valence electrons. The van der Waals surface area contributed by atoms with Gasteiger partial charge in [0.05, 0.1) is 6.61 Å². The van der Waals surface area contributed by atoms with Gasteiger partial charge in [-0.2, -0.15) is 0 Å². The van der Waals surface area contributed by atoms with Gasteiger partial charge in [0.25, 0.3) is 0 Å². The lowest BCUT2D eigenvalue weighted by molar-refractivity contribution is -0.0172. The topological polar surface area (TPSA) is 46.1 Å². The summed E-state index contributed by atoms with van der Waals surface area (Å²) in [6.45, 7) is 6.46. The van der Waals surface area contributed by atoms with Crippen LogP contribution in [0.5, 0.6) is 5.75 Å². The largest absolute Gasteiger partial charge is 0.467 e. The van der Waals surface area contributed by atoms with Crippen LogP contribution in [0.1, 0.15) is 43.7 Å². The number of hydrogen-bond acceptors (Lipinski definition) is 3. The van der Waals surface area contributed by atoms with Gasteiger partial charge in [-0.05, 0) is 55.7 Å². The highest BCUT2D eigenvalue weighted by atomic mass is 19.1. The predicted octanol–water partition coefficient (Wildman–Crippen LogP) is 3.32. The maximum atomic E-state index is 13.9. The first-order valence-electron chi connectivity index (χ1n) is 10.3. The second-order valence-electron chi connectivity index (χ2n) is 7.86. The molecule has 6 heteroatoms. The summed E-state index contributed by atoms with van der Waals surface area (Å²) in [7, 11) is 0. The van der Waals surface area contributed by atoms with Crippen molar-refractivity contribution in [2.75, 3.05) is 33.0 Å². The van der Waals surface area contributed by atoms with Crippen LogP contribution >= 0.6 is 0 Å². The maximum Gasteiger partial charge on any atom is 0.193 e. The number of nitrogens with one attached hydrogen (secondary N) is 1. The van der Waals surface area contributed by atoms with Crippen LogP contribution < -0.4 is 10.1 Å². The number of benzene rings is 1. The summed E-state index contributed by atoms with van der Waals surface area (Å²) in [5, 5.41) is 3.44. The van der Waals surface area contributed by atoms with E-state index in [0.717, 1.165) is 54.3 Å². The molecule has 0 spiro atoms. The number of halogens is 1. The van der Waals surface area contributed by atoms with Crippen molar-refractivity contribution in [1.29, 1.82) is 0 Å². The van der Waals surface area contributed by atoms with Crippen molar-refractivity contribution in [1.82, 2.24) is 10.2 Å². The molecule has 27 heavy (non-hydrogen) atoms. The van der Waals surface area contributed by atoms with E-state index in [9.17, 15) is 4.39 Å². The Bertz CT molecular complexity index is 680. The Morgan fingerprint density at radius 2 is 2.04 bits per heavy atom. The van der Waals surface area contributed by atoms with Gasteiger partial charge in [0.1, 0.15) is 11.6 Å². The van der Waals surface area contributed by atoms with Crippen LogP contribution in [-0.4, -0.2) is 43.8 Å². The predicted molar refractivity (Wildman–Crippen MR) is 103 cm³/mol. The molecule has 1 saturated heterocycles. The fraction of sp³-hybridized carbons (Fsp3) is 0.667. The van der Waals surface area contributed by atoms with Gasteiger partial charge in [0.2, 0.25) is 0 Å². The van der Waals surface area contributed by atoms with E-state index in [2.05, 4.69) is 17.1 Å². The van der Waals surface area contributed by atoms with Crippen molar-refractivity contribution < 1.29 is 13.9 Å². The highest BCUT2D eigenvalue weighted by molar-refractivity contribution is 5.80. The van der Waals surface area contributed by atoms with Gasteiger partial charge in [-0.1, -0.05) is 12.8 Å². The molecule has 3 aliphatic rings. The minimum absolute atomic E-state index is 0.230. The molecule has 1 aromatic rings. The van der Waals surface area contributed by atoms with Crippen molar-refractivity contribution in [3.05, 3.63) is 29.1 Å². The Kier molecular flexibility index (Phi) is 5.81. The van der Waals surface area contributed by atoms with Gasteiger partial charge in [-0.15, -0.1) is 0 Å². The molecule has 2 aliphatic heterocycles. The zero-order valence-electron chi connectivity index (χ0n) is 16.2. The molecule has 1 saturated carbocycles. The Labute approximate surface area is 160 Å². The summed E-state index contributed by atoms with van der Waals surface area (Å²) in [6, 6.07) is 3.06. The van der Waals surface area contributed by atoms with E-state index < -0.39 is 0 Å². The van der Waals surface area contributed by atoms with E-state index >= 15 is 0 Å².